The SMILES string of the molecule is CC(C)c1ccc(-n2c3ccccc3c3ccc(-c4cccc(Oc5cc(C(C)C)ccn5)c4)cc32)nc1. The van der Waals surface area contributed by atoms with Crippen LogP contribution in [0.4, 0.5) is 0 Å². The minimum absolute atomic E-state index is 0.418. The van der Waals surface area contributed by atoms with Crippen LogP contribution in [-0.4, -0.2) is 14.5 Å². The van der Waals surface area contributed by atoms with Gasteiger partial charge in [-0.2, -0.15) is 0 Å². The number of ether oxygens (including phenoxy) is 1. The smallest absolute Gasteiger partial charge is 0.219 e. The molecule has 0 radical (unpaired) electrons. The average molecular weight is 498 g/mol. The fraction of sp³-hybridized carbons (Fsp3) is 0.176. The van der Waals surface area contributed by atoms with Gasteiger partial charge in [0.1, 0.15) is 11.6 Å². The lowest BCUT2D eigenvalue weighted by Gasteiger charge is -2.11. The van der Waals surface area contributed by atoms with Gasteiger partial charge in [0.25, 0.3) is 0 Å². The largest absolute Gasteiger partial charge is 0.439 e. The maximum Gasteiger partial charge on any atom is 0.219 e. The summed E-state index contributed by atoms with van der Waals surface area (Å²) in [6.45, 7) is 8.73. The molecule has 0 aliphatic heterocycles. The van der Waals surface area contributed by atoms with Crippen LogP contribution in [0.15, 0.2) is 103 Å². The third kappa shape index (κ3) is 4.43. The molecular weight excluding hydrogens is 466 g/mol. The van der Waals surface area contributed by atoms with E-state index in [9.17, 15) is 0 Å². The predicted octanol–water partition coefficient (Wildman–Crippen LogP) is 9.28. The molecule has 0 amide bonds. The number of fused-ring (bicyclic) bond motifs is 3. The fourth-order valence-electron chi connectivity index (χ4n) is 4.97. The van der Waals surface area contributed by atoms with E-state index in [-0.39, 0.29) is 0 Å². The molecule has 38 heavy (non-hydrogen) atoms. The van der Waals surface area contributed by atoms with E-state index in [1.165, 1.54) is 21.9 Å². The van der Waals surface area contributed by atoms with Gasteiger partial charge < -0.3 is 4.74 Å². The minimum Gasteiger partial charge on any atom is -0.439 e. The summed E-state index contributed by atoms with van der Waals surface area (Å²) in [6, 6.07) is 31.7. The first-order valence-electron chi connectivity index (χ1n) is 13.2. The van der Waals surface area contributed by atoms with E-state index in [4.69, 9.17) is 9.72 Å². The Morgan fingerprint density at radius 2 is 1.42 bits per heavy atom. The molecule has 0 spiro atoms. The zero-order valence-corrected chi connectivity index (χ0v) is 22.2. The highest BCUT2D eigenvalue weighted by atomic mass is 16.5. The lowest BCUT2D eigenvalue weighted by molar-refractivity contribution is 0.462. The van der Waals surface area contributed by atoms with E-state index in [0.29, 0.717) is 17.7 Å². The van der Waals surface area contributed by atoms with E-state index in [1.54, 1.807) is 0 Å². The van der Waals surface area contributed by atoms with Crippen LogP contribution in [0.5, 0.6) is 11.6 Å². The number of nitrogens with zero attached hydrogens (tertiary/aromatic N) is 3. The molecule has 6 rings (SSSR count). The first-order valence-corrected chi connectivity index (χ1v) is 13.2. The molecule has 3 heterocycles. The van der Waals surface area contributed by atoms with Crippen molar-refractivity contribution in [1.29, 1.82) is 0 Å². The molecule has 0 unspecified atom stereocenters. The van der Waals surface area contributed by atoms with Crippen LogP contribution < -0.4 is 4.74 Å². The van der Waals surface area contributed by atoms with E-state index in [2.05, 4.69) is 104 Å². The van der Waals surface area contributed by atoms with Gasteiger partial charge in [0.2, 0.25) is 5.88 Å². The molecule has 0 fully saturated rings. The van der Waals surface area contributed by atoms with E-state index in [1.807, 2.05) is 36.7 Å². The number of pyridine rings is 2. The highest BCUT2D eigenvalue weighted by Gasteiger charge is 2.14. The number of rotatable bonds is 6. The molecule has 0 aliphatic carbocycles. The van der Waals surface area contributed by atoms with Crippen LogP contribution in [-0.2, 0) is 0 Å². The molecule has 3 aromatic carbocycles. The van der Waals surface area contributed by atoms with E-state index in [0.717, 1.165) is 33.7 Å². The number of para-hydroxylation sites is 1. The van der Waals surface area contributed by atoms with Crippen molar-refractivity contribution in [2.45, 2.75) is 39.5 Å². The van der Waals surface area contributed by atoms with Gasteiger partial charge in [-0.05, 0) is 70.5 Å². The average Bonchev–Trinajstić information content (AvgIpc) is 3.27. The first kappa shape index (κ1) is 23.9. The summed E-state index contributed by atoms with van der Waals surface area (Å²) in [5.41, 5.74) is 6.93. The number of benzene rings is 3. The Balaban J connectivity index is 1.43. The summed E-state index contributed by atoms with van der Waals surface area (Å²) in [4.78, 5) is 9.28. The number of hydrogen-bond donors (Lipinski definition) is 0. The summed E-state index contributed by atoms with van der Waals surface area (Å²) in [5, 5.41) is 2.43. The third-order valence-electron chi connectivity index (χ3n) is 7.16. The maximum absolute atomic E-state index is 6.16. The normalized spacial score (nSPS) is 11.6. The lowest BCUT2D eigenvalue weighted by atomic mass is 10.0. The van der Waals surface area contributed by atoms with Gasteiger partial charge in [0.05, 0.1) is 11.0 Å². The molecule has 0 aliphatic rings. The maximum atomic E-state index is 6.16. The molecule has 3 aromatic heterocycles. The van der Waals surface area contributed by atoms with Gasteiger partial charge in [-0.3, -0.25) is 4.57 Å². The Morgan fingerprint density at radius 3 is 2.21 bits per heavy atom. The second-order valence-corrected chi connectivity index (χ2v) is 10.4. The second-order valence-electron chi connectivity index (χ2n) is 10.4. The summed E-state index contributed by atoms with van der Waals surface area (Å²) in [5.74, 6) is 3.16. The Kier molecular flexibility index (Phi) is 6.16. The zero-order chi connectivity index (χ0) is 26.2. The van der Waals surface area contributed by atoms with Crippen molar-refractivity contribution >= 4 is 21.8 Å². The van der Waals surface area contributed by atoms with Gasteiger partial charge in [-0.1, -0.05) is 76.2 Å². The van der Waals surface area contributed by atoms with Crippen LogP contribution in [0.25, 0.3) is 38.8 Å². The van der Waals surface area contributed by atoms with Crippen LogP contribution in [0.1, 0.15) is 50.7 Å². The van der Waals surface area contributed by atoms with Gasteiger partial charge >= 0.3 is 0 Å². The summed E-state index contributed by atoms with van der Waals surface area (Å²) < 4.78 is 8.43. The van der Waals surface area contributed by atoms with Crippen molar-refractivity contribution < 1.29 is 4.74 Å². The van der Waals surface area contributed by atoms with Gasteiger partial charge in [-0.25, -0.2) is 9.97 Å². The third-order valence-corrected chi connectivity index (χ3v) is 7.16. The van der Waals surface area contributed by atoms with E-state index >= 15 is 0 Å². The van der Waals surface area contributed by atoms with Crippen LogP contribution in [0, 0.1) is 0 Å². The molecule has 0 saturated carbocycles. The first-order chi connectivity index (χ1) is 18.5. The van der Waals surface area contributed by atoms with Gasteiger partial charge in [-0.15, -0.1) is 0 Å². The van der Waals surface area contributed by atoms with Gasteiger partial charge in [0, 0.05) is 29.2 Å². The topological polar surface area (TPSA) is 39.9 Å². The molecule has 0 N–H and O–H groups in total. The van der Waals surface area contributed by atoms with Crippen molar-refractivity contribution in [3.63, 3.8) is 0 Å². The quantitative estimate of drug-likeness (QED) is 0.230. The highest BCUT2D eigenvalue weighted by Crippen LogP contribution is 2.35. The van der Waals surface area contributed by atoms with Crippen molar-refractivity contribution in [2.24, 2.45) is 0 Å². The molecule has 4 nitrogen and oxygen atoms in total. The van der Waals surface area contributed by atoms with Gasteiger partial charge in [0.15, 0.2) is 0 Å². The van der Waals surface area contributed by atoms with Crippen LogP contribution in [0.3, 0.4) is 0 Å². The number of hydrogen-bond acceptors (Lipinski definition) is 3. The van der Waals surface area contributed by atoms with Crippen LogP contribution in [0.2, 0.25) is 0 Å². The van der Waals surface area contributed by atoms with Crippen molar-refractivity contribution in [2.75, 3.05) is 0 Å². The summed E-state index contributed by atoms with van der Waals surface area (Å²) in [7, 11) is 0. The minimum atomic E-state index is 0.418. The van der Waals surface area contributed by atoms with E-state index < -0.39 is 0 Å². The molecule has 0 bridgehead atoms. The molecule has 4 heteroatoms. The molecule has 6 aromatic rings. The Morgan fingerprint density at radius 1 is 0.632 bits per heavy atom. The summed E-state index contributed by atoms with van der Waals surface area (Å²) in [6.07, 6.45) is 3.80. The van der Waals surface area contributed by atoms with Crippen LogP contribution >= 0.6 is 0 Å². The number of aromatic nitrogens is 3. The molecular formula is C34H31N3O. The Labute approximate surface area is 223 Å². The molecule has 0 saturated heterocycles. The lowest BCUT2D eigenvalue weighted by Crippen LogP contribution is -1.99. The molecule has 0 atom stereocenters. The van der Waals surface area contributed by atoms with Crippen molar-refractivity contribution in [1.82, 2.24) is 14.5 Å². The Hall–Kier alpha value is -4.44. The zero-order valence-electron chi connectivity index (χ0n) is 22.2. The predicted molar refractivity (Wildman–Crippen MR) is 157 cm³/mol. The second kappa shape index (κ2) is 9.79. The van der Waals surface area contributed by atoms with Crippen molar-refractivity contribution in [3.05, 3.63) is 115 Å². The standard InChI is InChI=1S/C34H31N3O/c1-22(2)24-16-17-35-34(20-24)38-28-9-7-8-25(18-28)26-12-14-30-29-10-5-6-11-31(29)37(32(30)19-26)33-15-13-27(21-36-33)23(3)4/h5-23H,1-4H3. The Bertz CT molecular complexity index is 1750. The summed E-state index contributed by atoms with van der Waals surface area (Å²) >= 11 is 0. The van der Waals surface area contributed by atoms with Crippen molar-refractivity contribution in [3.8, 4) is 28.6 Å². The molecule has 188 valence electrons. The highest BCUT2D eigenvalue weighted by molar-refractivity contribution is 6.10. The fourth-order valence-corrected chi connectivity index (χ4v) is 4.97. The monoisotopic (exact) mass is 497 g/mol.